The summed E-state index contributed by atoms with van der Waals surface area (Å²) in [5.41, 5.74) is 0.299. The van der Waals surface area contributed by atoms with Gasteiger partial charge in [0.15, 0.2) is 5.65 Å². The highest BCUT2D eigenvalue weighted by atomic mass is 16.3. The lowest BCUT2D eigenvalue weighted by Gasteiger charge is -2.31. The van der Waals surface area contributed by atoms with Crippen LogP contribution in [0.5, 0.6) is 0 Å². The van der Waals surface area contributed by atoms with Crippen LogP contribution in [-0.2, 0) is 6.54 Å². The minimum Gasteiger partial charge on any atom is -0.390 e. The van der Waals surface area contributed by atoms with Crippen LogP contribution in [0.2, 0.25) is 0 Å². The van der Waals surface area contributed by atoms with E-state index in [0.29, 0.717) is 17.6 Å². The molecule has 0 bridgehead atoms. The Bertz CT molecular complexity index is 692. The fourth-order valence-corrected chi connectivity index (χ4v) is 2.96. The van der Waals surface area contributed by atoms with Gasteiger partial charge in [-0.1, -0.05) is 6.92 Å². The van der Waals surface area contributed by atoms with Gasteiger partial charge in [0.05, 0.1) is 18.0 Å². The second kappa shape index (κ2) is 6.54. The van der Waals surface area contributed by atoms with Crippen LogP contribution in [0.1, 0.15) is 19.8 Å². The topological polar surface area (TPSA) is 71.2 Å². The first-order chi connectivity index (χ1) is 10.6. The largest absolute Gasteiger partial charge is 0.390 e. The van der Waals surface area contributed by atoms with Crippen LogP contribution in [-0.4, -0.2) is 50.3 Å². The van der Waals surface area contributed by atoms with Crippen molar-refractivity contribution in [2.24, 2.45) is 5.92 Å². The number of aliphatic hydroxyl groups is 1. The zero-order chi connectivity index (χ0) is 15.5. The maximum absolute atomic E-state index is 12.4. The number of fused-ring (bicyclic) bond motifs is 1. The Kier molecular flexibility index (Phi) is 4.49. The van der Waals surface area contributed by atoms with Crippen LogP contribution in [0.15, 0.2) is 29.5 Å². The minimum absolute atomic E-state index is 0.149. The highest BCUT2D eigenvalue weighted by molar-refractivity contribution is 5.72. The van der Waals surface area contributed by atoms with E-state index >= 15 is 0 Å². The van der Waals surface area contributed by atoms with Gasteiger partial charge in [0.2, 0.25) is 0 Å². The van der Waals surface area contributed by atoms with Crippen molar-refractivity contribution in [3.05, 3.63) is 35.0 Å². The first-order valence-corrected chi connectivity index (χ1v) is 7.84. The van der Waals surface area contributed by atoms with Crippen LogP contribution in [0, 0.1) is 5.92 Å². The van der Waals surface area contributed by atoms with Crippen molar-refractivity contribution < 1.29 is 5.11 Å². The van der Waals surface area contributed by atoms with E-state index in [-0.39, 0.29) is 12.1 Å². The van der Waals surface area contributed by atoms with Crippen molar-refractivity contribution in [1.29, 1.82) is 0 Å². The highest BCUT2D eigenvalue weighted by Crippen LogP contribution is 2.16. The molecule has 2 aromatic rings. The van der Waals surface area contributed by atoms with Gasteiger partial charge in [-0.3, -0.25) is 9.36 Å². The number of pyridine rings is 1. The molecule has 6 heteroatoms. The second-order valence-electron chi connectivity index (χ2n) is 6.21. The number of aromatic nitrogens is 3. The normalized spacial score (nSPS) is 18.6. The molecule has 1 N–H and O–H groups in total. The average molecular weight is 302 g/mol. The predicted molar refractivity (Wildman–Crippen MR) is 84.6 cm³/mol. The van der Waals surface area contributed by atoms with Crippen LogP contribution >= 0.6 is 0 Å². The van der Waals surface area contributed by atoms with Gasteiger partial charge in [-0.15, -0.1) is 0 Å². The van der Waals surface area contributed by atoms with Gasteiger partial charge in [0.1, 0.15) is 6.33 Å². The fraction of sp³-hybridized carbons (Fsp3) is 0.562. The van der Waals surface area contributed by atoms with Gasteiger partial charge in [-0.05, 0) is 44.0 Å². The molecule has 0 spiro atoms. The summed E-state index contributed by atoms with van der Waals surface area (Å²) in [6, 6.07) is 3.44. The molecule has 1 atom stereocenters. The summed E-state index contributed by atoms with van der Waals surface area (Å²) in [7, 11) is 0. The van der Waals surface area contributed by atoms with Gasteiger partial charge in [-0.25, -0.2) is 9.97 Å². The van der Waals surface area contributed by atoms with Crippen molar-refractivity contribution >= 4 is 11.0 Å². The Morgan fingerprint density at radius 1 is 1.32 bits per heavy atom. The van der Waals surface area contributed by atoms with Crippen LogP contribution < -0.4 is 5.56 Å². The summed E-state index contributed by atoms with van der Waals surface area (Å²) in [5, 5.41) is 10.8. The van der Waals surface area contributed by atoms with E-state index in [4.69, 9.17) is 0 Å². The average Bonchev–Trinajstić information content (AvgIpc) is 2.53. The molecule has 22 heavy (non-hydrogen) atoms. The van der Waals surface area contributed by atoms with E-state index in [1.165, 1.54) is 23.7 Å². The number of aliphatic hydroxyl groups excluding tert-OH is 1. The third-order valence-corrected chi connectivity index (χ3v) is 4.35. The van der Waals surface area contributed by atoms with Crippen molar-refractivity contribution in [3.63, 3.8) is 0 Å². The number of rotatable bonds is 4. The summed E-state index contributed by atoms with van der Waals surface area (Å²) >= 11 is 0. The van der Waals surface area contributed by atoms with E-state index in [1.807, 2.05) is 0 Å². The molecule has 1 aliphatic heterocycles. The van der Waals surface area contributed by atoms with Crippen molar-refractivity contribution in [3.8, 4) is 0 Å². The maximum atomic E-state index is 12.4. The summed E-state index contributed by atoms with van der Waals surface area (Å²) in [4.78, 5) is 22.9. The number of nitrogens with zero attached hydrogens (tertiary/aromatic N) is 4. The van der Waals surface area contributed by atoms with Crippen molar-refractivity contribution in [2.75, 3.05) is 19.6 Å². The molecule has 3 rings (SSSR count). The molecule has 118 valence electrons. The number of β-amino-alcohol motifs (C(OH)–C–C–N with tert-alkyl or cyclic N) is 1. The number of hydrogen-bond donors (Lipinski definition) is 1. The Morgan fingerprint density at radius 3 is 2.86 bits per heavy atom. The first-order valence-electron chi connectivity index (χ1n) is 7.84. The van der Waals surface area contributed by atoms with E-state index in [2.05, 4.69) is 21.8 Å². The molecular formula is C16H22N4O2. The smallest absolute Gasteiger partial charge is 0.262 e. The molecule has 1 unspecified atom stereocenters. The molecule has 0 amide bonds. The van der Waals surface area contributed by atoms with E-state index < -0.39 is 6.10 Å². The molecule has 1 saturated heterocycles. The molecule has 0 aliphatic carbocycles. The number of likely N-dealkylation sites (tertiary alicyclic amines) is 1. The van der Waals surface area contributed by atoms with Gasteiger partial charge >= 0.3 is 0 Å². The van der Waals surface area contributed by atoms with Crippen LogP contribution in [0.4, 0.5) is 0 Å². The Labute approximate surface area is 129 Å². The van der Waals surface area contributed by atoms with Gasteiger partial charge in [-0.2, -0.15) is 0 Å². The summed E-state index contributed by atoms with van der Waals surface area (Å²) in [6.07, 6.45) is 4.87. The SMILES string of the molecule is CC1CCN(CC(O)Cn2cnc3ncccc3c2=O)CC1. The Morgan fingerprint density at radius 2 is 2.09 bits per heavy atom. The van der Waals surface area contributed by atoms with E-state index in [1.54, 1.807) is 18.3 Å². The third kappa shape index (κ3) is 3.34. The highest BCUT2D eigenvalue weighted by Gasteiger charge is 2.19. The lowest BCUT2D eigenvalue weighted by molar-refractivity contribution is 0.0794. The summed E-state index contributed by atoms with van der Waals surface area (Å²) in [5.74, 6) is 0.771. The van der Waals surface area contributed by atoms with Crippen molar-refractivity contribution in [1.82, 2.24) is 19.4 Å². The number of hydrogen-bond acceptors (Lipinski definition) is 5. The number of piperidine rings is 1. The molecule has 0 radical (unpaired) electrons. The quantitative estimate of drug-likeness (QED) is 0.908. The van der Waals surface area contributed by atoms with Crippen molar-refractivity contribution in [2.45, 2.75) is 32.4 Å². The zero-order valence-electron chi connectivity index (χ0n) is 12.9. The molecule has 0 aromatic carbocycles. The molecule has 2 aromatic heterocycles. The lowest BCUT2D eigenvalue weighted by Crippen LogP contribution is -2.40. The Hall–Kier alpha value is -1.79. The molecule has 6 nitrogen and oxygen atoms in total. The molecular weight excluding hydrogens is 280 g/mol. The van der Waals surface area contributed by atoms with E-state index in [9.17, 15) is 9.90 Å². The zero-order valence-corrected chi connectivity index (χ0v) is 12.9. The lowest BCUT2D eigenvalue weighted by atomic mass is 9.99. The fourth-order valence-electron chi connectivity index (χ4n) is 2.96. The van der Waals surface area contributed by atoms with E-state index in [0.717, 1.165) is 19.0 Å². The van der Waals surface area contributed by atoms with Gasteiger partial charge in [0.25, 0.3) is 5.56 Å². The summed E-state index contributed by atoms with van der Waals surface area (Å²) in [6.45, 7) is 5.18. The second-order valence-corrected chi connectivity index (χ2v) is 6.21. The van der Waals surface area contributed by atoms with Crippen LogP contribution in [0.3, 0.4) is 0 Å². The molecule has 1 fully saturated rings. The van der Waals surface area contributed by atoms with Crippen LogP contribution in [0.25, 0.3) is 11.0 Å². The predicted octanol–water partition coefficient (Wildman–Crippen LogP) is 0.884. The monoisotopic (exact) mass is 302 g/mol. The molecule has 3 heterocycles. The maximum Gasteiger partial charge on any atom is 0.262 e. The summed E-state index contributed by atoms with van der Waals surface area (Å²) < 4.78 is 1.47. The minimum atomic E-state index is -0.568. The third-order valence-electron chi connectivity index (χ3n) is 4.35. The van der Waals surface area contributed by atoms with Gasteiger partial charge in [0, 0.05) is 12.7 Å². The first kappa shape index (κ1) is 15.1. The molecule has 1 aliphatic rings. The Balaban J connectivity index is 1.67. The standard InChI is InChI=1S/C16H22N4O2/c1-12-4-7-19(8-5-12)9-13(21)10-20-11-18-15-14(16(20)22)3-2-6-17-15/h2-3,6,11-13,21H,4-5,7-10H2,1H3. The van der Waals surface area contributed by atoms with Gasteiger partial charge < -0.3 is 10.0 Å². The molecule has 0 saturated carbocycles.